The van der Waals surface area contributed by atoms with Crippen molar-refractivity contribution < 1.29 is 9.47 Å². The number of halogens is 1. The molecule has 2 heterocycles. The lowest BCUT2D eigenvalue weighted by molar-refractivity contribution is 0.0277. The van der Waals surface area contributed by atoms with Crippen molar-refractivity contribution >= 4 is 23.0 Å². The average molecular weight is 334 g/mol. The SMILES string of the molecule is CCOc1cc(Nc2ccc(C3CNCCO3)cc2)cnc1Cl. The summed E-state index contributed by atoms with van der Waals surface area (Å²) in [5, 5.41) is 7.01. The molecule has 1 aliphatic rings. The van der Waals surface area contributed by atoms with Crippen molar-refractivity contribution in [3.8, 4) is 5.75 Å². The van der Waals surface area contributed by atoms with Gasteiger partial charge in [-0.3, -0.25) is 0 Å². The lowest BCUT2D eigenvalue weighted by Crippen LogP contribution is -2.33. The van der Waals surface area contributed by atoms with E-state index in [4.69, 9.17) is 21.1 Å². The Balaban J connectivity index is 1.69. The van der Waals surface area contributed by atoms with Crippen LogP contribution in [0, 0.1) is 0 Å². The van der Waals surface area contributed by atoms with Crippen LogP contribution in [0.3, 0.4) is 0 Å². The summed E-state index contributed by atoms with van der Waals surface area (Å²) in [4.78, 5) is 4.13. The zero-order valence-electron chi connectivity index (χ0n) is 13.0. The van der Waals surface area contributed by atoms with Crippen LogP contribution in [-0.2, 0) is 4.74 Å². The van der Waals surface area contributed by atoms with Gasteiger partial charge in [-0.25, -0.2) is 4.98 Å². The average Bonchev–Trinajstić information content (AvgIpc) is 2.60. The second-order valence-corrected chi connectivity index (χ2v) is 5.61. The van der Waals surface area contributed by atoms with Gasteiger partial charge in [0.05, 0.1) is 31.2 Å². The fourth-order valence-electron chi connectivity index (χ4n) is 2.48. The van der Waals surface area contributed by atoms with Crippen molar-refractivity contribution in [2.75, 3.05) is 31.6 Å². The van der Waals surface area contributed by atoms with Gasteiger partial charge in [0, 0.05) is 24.8 Å². The van der Waals surface area contributed by atoms with Gasteiger partial charge in [-0.15, -0.1) is 0 Å². The molecule has 122 valence electrons. The number of morpholine rings is 1. The zero-order valence-corrected chi connectivity index (χ0v) is 13.8. The molecule has 1 aromatic heterocycles. The van der Waals surface area contributed by atoms with Crippen LogP contribution in [0.1, 0.15) is 18.6 Å². The van der Waals surface area contributed by atoms with E-state index in [2.05, 4.69) is 27.8 Å². The van der Waals surface area contributed by atoms with Gasteiger partial charge >= 0.3 is 0 Å². The Hall–Kier alpha value is -1.82. The van der Waals surface area contributed by atoms with E-state index in [1.807, 2.05) is 25.1 Å². The Labute approximate surface area is 141 Å². The van der Waals surface area contributed by atoms with Gasteiger partial charge in [0.15, 0.2) is 10.9 Å². The van der Waals surface area contributed by atoms with E-state index in [1.165, 1.54) is 5.56 Å². The van der Waals surface area contributed by atoms with E-state index < -0.39 is 0 Å². The number of ether oxygens (including phenoxy) is 2. The maximum atomic E-state index is 6.00. The highest BCUT2D eigenvalue weighted by atomic mass is 35.5. The lowest BCUT2D eigenvalue weighted by Gasteiger charge is -2.24. The maximum Gasteiger partial charge on any atom is 0.171 e. The van der Waals surface area contributed by atoms with E-state index in [9.17, 15) is 0 Å². The van der Waals surface area contributed by atoms with Crippen LogP contribution in [0.2, 0.25) is 5.15 Å². The molecule has 0 amide bonds. The van der Waals surface area contributed by atoms with E-state index in [0.717, 1.165) is 31.1 Å². The molecule has 2 N–H and O–H groups in total. The first-order valence-electron chi connectivity index (χ1n) is 7.74. The van der Waals surface area contributed by atoms with Gasteiger partial charge in [-0.2, -0.15) is 0 Å². The second kappa shape index (κ2) is 7.64. The van der Waals surface area contributed by atoms with Crippen molar-refractivity contribution in [1.82, 2.24) is 10.3 Å². The minimum Gasteiger partial charge on any atom is -0.491 e. The maximum absolute atomic E-state index is 6.00. The number of benzene rings is 1. The highest BCUT2D eigenvalue weighted by Crippen LogP contribution is 2.28. The Bertz CT molecular complexity index is 643. The molecule has 0 saturated carbocycles. The molecule has 1 saturated heterocycles. The van der Waals surface area contributed by atoms with Crippen LogP contribution in [-0.4, -0.2) is 31.3 Å². The second-order valence-electron chi connectivity index (χ2n) is 5.26. The summed E-state index contributed by atoms with van der Waals surface area (Å²) in [6.45, 7) is 4.99. The third-order valence-electron chi connectivity index (χ3n) is 3.61. The Morgan fingerprint density at radius 3 is 2.87 bits per heavy atom. The molecule has 0 aliphatic carbocycles. The third kappa shape index (κ3) is 4.13. The molecular formula is C17H20ClN3O2. The summed E-state index contributed by atoms with van der Waals surface area (Å²) in [6.07, 6.45) is 1.81. The van der Waals surface area contributed by atoms with Crippen molar-refractivity contribution in [3.05, 3.63) is 47.2 Å². The van der Waals surface area contributed by atoms with Crippen LogP contribution in [0.5, 0.6) is 5.75 Å². The number of nitrogens with zero attached hydrogens (tertiary/aromatic N) is 1. The standard InChI is InChI=1S/C17H20ClN3O2/c1-2-22-15-9-14(10-20-17(15)18)21-13-5-3-12(4-6-13)16-11-19-7-8-23-16/h3-6,9-10,16,19,21H,2,7-8,11H2,1H3. The van der Waals surface area contributed by atoms with Crippen LogP contribution in [0.4, 0.5) is 11.4 Å². The Kier molecular flexibility index (Phi) is 5.33. The van der Waals surface area contributed by atoms with E-state index in [1.54, 1.807) is 6.20 Å². The Morgan fingerprint density at radius 2 is 2.17 bits per heavy atom. The molecule has 23 heavy (non-hydrogen) atoms. The largest absolute Gasteiger partial charge is 0.491 e. The van der Waals surface area contributed by atoms with Crippen molar-refractivity contribution in [2.45, 2.75) is 13.0 Å². The van der Waals surface area contributed by atoms with E-state index >= 15 is 0 Å². The van der Waals surface area contributed by atoms with Crippen molar-refractivity contribution in [2.24, 2.45) is 0 Å². The molecule has 1 atom stereocenters. The predicted octanol–water partition coefficient (Wildman–Crippen LogP) is 3.54. The molecule has 5 nitrogen and oxygen atoms in total. The molecule has 6 heteroatoms. The molecule has 1 unspecified atom stereocenters. The quantitative estimate of drug-likeness (QED) is 0.820. The summed E-state index contributed by atoms with van der Waals surface area (Å²) in [5.74, 6) is 0.581. The van der Waals surface area contributed by atoms with Gasteiger partial charge in [0.25, 0.3) is 0 Å². The van der Waals surface area contributed by atoms with Crippen LogP contribution >= 0.6 is 11.6 Å². The summed E-state index contributed by atoms with van der Waals surface area (Å²) in [6, 6.07) is 10.1. The van der Waals surface area contributed by atoms with Crippen molar-refractivity contribution in [1.29, 1.82) is 0 Å². The smallest absolute Gasteiger partial charge is 0.171 e. The van der Waals surface area contributed by atoms with Crippen LogP contribution in [0.15, 0.2) is 36.5 Å². The first-order valence-corrected chi connectivity index (χ1v) is 8.11. The van der Waals surface area contributed by atoms with Gasteiger partial charge in [0.2, 0.25) is 0 Å². The normalized spacial score (nSPS) is 17.7. The topological polar surface area (TPSA) is 55.4 Å². The van der Waals surface area contributed by atoms with Gasteiger partial charge in [-0.1, -0.05) is 23.7 Å². The molecule has 0 bridgehead atoms. The number of hydrogen-bond donors (Lipinski definition) is 2. The number of anilines is 2. The molecular weight excluding hydrogens is 314 g/mol. The fraction of sp³-hybridized carbons (Fsp3) is 0.353. The number of aromatic nitrogens is 1. The zero-order chi connectivity index (χ0) is 16.1. The summed E-state index contributed by atoms with van der Waals surface area (Å²) in [5.41, 5.74) is 2.98. The molecule has 0 radical (unpaired) electrons. The predicted molar refractivity (Wildman–Crippen MR) is 91.7 cm³/mol. The molecule has 1 aromatic carbocycles. The highest BCUT2D eigenvalue weighted by molar-refractivity contribution is 6.30. The molecule has 1 fully saturated rings. The minimum absolute atomic E-state index is 0.125. The lowest BCUT2D eigenvalue weighted by atomic mass is 10.1. The van der Waals surface area contributed by atoms with E-state index in [-0.39, 0.29) is 6.10 Å². The third-order valence-corrected chi connectivity index (χ3v) is 3.89. The minimum atomic E-state index is 0.125. The summed E-state index contributed by atoms with van der Waals surface area (Å²) < 4.78 is 11.2. The monoisotopic (exact) mass is 333 g/mol. The van der Waals surface area contributed by atoms with Gasteiger partial charge in [-0.05, 0) is 24.6 Å². The van der Waals surface area contributed by atoms with Gasteiger partial charge in [0.1, 0.15) is 0 Å². The Morgan fingerprint density at radius 1 is 1.35 bits per heavy atom. The first kappa shape index (κ1) is 16.1. The number of nitrogens with one attached hydrogen (secondary N) is 2. The molecule has 3 rings (SSSR count). The van der Waals surface area contributed by atoms with Crippen LogP contribution in [0.25, 0.3) is 0 Å². The number of rotatable bonds is 5. The van der Waals surface area contributed by atoms with Crippen molar-refractivity contribution in [3.63, 3.8) is 0 Å². The summed E-state index contributed by atoms with van der Waals surface area (Å²) >= 11 is 6.00. The summed E-state index contributed by atoms with van der Waals surface area (Å²) in [7, 11) is 0. The van der Waals surface area contributed by atoms with E-state index in [0.29, 0.717) is 17.5 Å². The molecule has 1 aliphatic heterocycles. The number of pyridine rings is 1. The number of hydrogen-bond acceptors (Lipinski definition) is 5. The van der Waals surface area contributed by atoms with Gasteiger partial charge < -0.3 is 20.1 Å². The fourth-order valence-corrected chi connectivity index (χ4v) is 2.64. The highest BCUT2D eigenvalue weighted by Gasteiger charge is 2.15. The first-order chi connectivity index (χ1) is 11.3. The molecule has 2 aromatic rings. The van der Waals surface area contributed by atoms with Crippen LogP contribution < -0.4 is 15.4 Å². The molecule has 0 spiro atoms.